The fourth-order valence-corrected chi connectivity index (χ4v) is 2.78. The summed E-state index contributed by atoms with van der Waals surface area (Å²) in [4.78, 5) is 11.1. The van der Waals surface area contributed by atoms with Gasteiger partial charge in [-0.25, -0.2) is 13.1 Å². The second-order valence-corrected chi connectivity index (χ2v) is 6.44. The van der Waals surface area contributed by atoms with Crippen LogP contribution in [0, 0.1) is 0 Å². The van der Waals surface area contributed by atoms with Gasteiger partial charge < -0.3 is 4.74 Å². The summed E-state index contributed by atoms with van der Waals surface area (Å²) >= 11 is 5.71. The zero-order chi connectivity index (χ0) is 15.0. The highest BCUT2D eigenvalue weighted by molar-refractivity contribution is 7.89. The molecule has 0 saturated carbocycles. The van der Waals surface area contributed by atoms with Crippen LogP contribution in [0.25, 0.3) is 0 Å². The molecule has 1 N–H and O–H groups in total. The van der Waals surface area contributed by atoms with Gasteiger partial charge in [0, 0.05) is 18.0 Å². The van der Waals surface area contributed by atoms with Gasteiger partial charge in [0.2, 0.25) is 10.0 Å². The van der Waals surface area contributed by atoms with Crippen molar-refractivity contribution in [2.45, 2.75) is 30.6 Å². The van der Waals surface area contributed by atoms with Gasteiger partial charge in [0.15, 0.2) is 0 Å². The number of unbranched alkanes of at least 4 members (excludes halogenated alkanes) is 2. The summed E-state index contributed by atoms with van der Waals surface area (Å²) in [6.45, 7) is 0.339. The van der Waals surface area contributed by atoms with Crippen LogP contribution in [0.4, 0.5) is 0 Å². The van der Waals surface area contributed by atoms with Crippen molar-refractivity contribution in [1.29, 1.82) is 0 Å². The van der Waals surface area contributed by atoms with Crippen LogP contribution in [-0.2, 0) is 19.6 Å². The molecule has 1 rings (SSSR count). The molecule has 0 heterocycles. The minimum Gasteiger partial charge on any atom is -0.469 e. The Morgan fingerprint density at radius 1 is 1.20 bits per heavy atom. The molecule has 0 amide bonds. The van der Waals surface area contributed by atoms with E-state index in [4.69, 9.17) is 11.6 Å². The Bertz CT molecular complexity index is 528. The van der Waals surface area contributed by atoms with Crippen LogP contribution in [-0.4, -0.2) is 28.0 Å². The third-order valence-corrected chi connectivity index (χ3v) is 4.43. The van der Waals surface area contributed by atoms with E-state index >= 15 is 0 Å². The molecular weight excluding hydrogens is 302 g/mol. The minimum absolute atomic E-state index is 0.191. The van der Waals surface area contributed by atoms with E-state index in [9.17, 15) is 13.2 Å². The topological polar surface area (TPSA) is 72.5 Å². The Labute approximate surface area is 124 Å². The molecule has 0 saturated heterocycles. The molecule has 0 radical (unpaired) electrons. The fraction of sp³-hybridized carbons (Fsp3) is 0.462. The van der Waals surface area contributed by atoms with Gasteiger partial charge in [-0.05, 0) is 37.1 Å². The number of rotatable bonds is 8. The van der Waals surface area contributed by atoms with Gasteiger partial charge in [-0.15, -0.1) is 0 Å². The van der Waals surface area contributed by atoms with Crippen molar-refractivity contribution >= 4 is 27.6 Å². The number of nitrogens with one attached hydrogen (secondary N) is 1. The number of halogens is 1. The van der Waals surface area contributed by atoms with Gasteiger partial charge in [0.25, 0.3) is 0 Å². The lowest BCUT2D eigenvalue weighted by Crippen LogP contribution is -2.24. The van der Waals surface area contributed by atoms with Crippen LogP contribution in [0.1, 0.15) is 25.7 Å². The maximum Gasteiger partial charge on any atom is 0.305 e. The third kappa shape index (κ3) is 5.90. The lowest BCUT2D eigenvalue weighted by molar-refractivity contribution is -0.140. The maximum absolute atomic E-state index is 11.9. The van der Waals surface area contributed by atoms with E-state index < -0.39 is 10.0 Å². The molecule has 5 nitrogen and oxygen atoms in total. The first-order valence-corrected chi connectivity index (χ1v) is 8.14. The highest BCUT2D eigenvalue weighted by Crippen LogP contribution is 2.13. The molecule has 0 fully saturated rings. The van der Waals surface area contributed by atoms with Crippen molar-refractivity contribution in [3.8, 4) is 0 Å². The first-order valence-electron chi connectivity index (χ1n) is 6.28. The first kappa shape index (κ1) is 16.9. The van der Waals surface area contributed by atoms with Gasteiger partial charge >= 0.3 is 5.97 Å². The molecule has 0 bridgehead atoms. The summed E-state index contributed by atoms with van der Waals surface area (Å²) in [5.74, 6) is -0.244. The summed E-state index contributed by atoms with van der Waals surface area (Å²) < 4.78 is 30.8. The zero-order valence-electron chi connectivity index (χ0n) is 11.3. The largest absolute Gasteiger partial charge is 0.469 e. The first-order chi connectivity index (χ1) is 9.45. The molecule has 0 unspecified atom stereocenters. The average Bonchev–Trinajstić information content (AvgIpc) is 2.42. The molecule has 0 aliphatic carbocycles. The van der Waals surface area contributed by atoms with Crippen molar-refractivity contribution in [2.75, 3.05) is 13.7 Å². The Balaban J connectivity index is 2.30. The minimum atomic E-state index is -3.49. The number of carbonyl (C=O) groups is 1. The van der Waals surface area contributed by atoms with Crippen LogP contribution in [0.15, 0.2) is 29.2 Å². The van der Waals surface area contributed by atoms with Crippen LogP contribution in [0.5, 0.6) is 0 Å². The SMILES string of the molecule is COC(=O)CCCCCNS(=O)(=O)c1ccc(Cl)cc1. The lowest BCUT2D eigenvalue weighted by Gasteiger charge is -2.06. The predicted octanol–water partition coefficient (Wildman–Crippen LogP) is 2.35. The molecular formula is C13H18ClNO4S. The molecule has 0 spiro atoms. The number of carbonyl (C=O) groups excluding carboxylic acids is 1. The second kappa shape index (κ2) is 8.24. The Morgan fingerprint density at radius 3 is 2.45 bits per heavy atom. The molecule has 1 aromatic carbocycles. The molecule has 0 aliphatic heterocycles. The van der Waals surface area contributed by atoms with Crippen molar-refractivity contribution in [3.63, 3.8) is 0 Å². The summed E-state index contributed by atoms with van der Waals surface area (Å²) in [7, 11) is -2.14. The number of ether oxygens (including phenoxy) is 1. The quantitative estimate of drug-likeness (QED) is 0.589. The van der Waals surface area contributed by atoms with E-state index in [0.29, 0.717) is 30.8 Å². The van der Waals surface area contributed by atoms with Crippen molar-refractivity contribution in [3.05, 3.63) is 29.3 Å². The number of hydrogen-bond acceptors (Lipinski definition) is 4. The second-order valence-electron chi connectivity index (χ2n) is 4.24. The Morgan fingerprint density at radius 2 is 1.85 bits per heavy atom. The Hall–Kier alpha value is -1.11. The van der Waals surface area contributed by atoms with Crippen LogP contribution in [0.3, 0.4) is 0 Å². The van der Waals surface area contributed by atoms with Crippen molar-refractivity contribution in [1.82, 2.24) is 4.72 Å². The molecule has 112 valence electrons. The van der Waals surface area contributed by atoms with E-state index in [1.54, 1.807) is 0 Å². The Kier molecular flexibility index (Phi) is 6.98. The van der Waals surface area contributed by atoms with Crippen LogP contribution >= 0.6 is 11.6 Å². The standard InChI is InChI=1S/C13H18ClNO4S/c1-19-13(16)5-3-2-4-10-15-20(17,18)12-8-6-11(14)7-9-12/h6-9,15H,2-5,10H2,1H3. The van der Waals surface area contributed by atoms with Gasteiger partial charge in [-0.3, -0.25) is 4.79 Å². The summed E-state index contributed by atoms with van der Waals surface area (Å²) in [5, 5.41) is 0.492. The van der Waals surface area contributed by atoms with Crippen molar-refractivity contribution < 1.29 is 17.9 Å². The number of benzene rings is 1. The molecule has 0 aliphatic rings. The van der Waals surface area contributed by atoms with Gasteiger partial charge in [0.1, 0.15) is 0 Å². The third-order valence-electron chi connectivity index (χ3n) is 2.70. The van der Waals surface area contributed by atoms with Gasteiger partial charge in [-0.1, -0.05) is 18.0 Å². The molecule has 20 heavy (non-hydrogen) atoms. The number of hydrogen-bond donors (Lipinski definition) is 1. The number of methoxy groups -OCH3 is 1. The lowest BCUT2D eigenvalue weighted by atomic mass is 10.2. The van der Waals surface area contributed by atoms with Gasteiger partial charge in [0.05, 0.1) is 12.0 Å². The van der Waals surface area contributed by atoms with E-state index in [0.717, 1.165) is 6.42 Å². The van der Waals surface area contributed by atoms with Crippen molar-refractivity contribution in [2.24, 2.45) is 0 Å². The molecule has 0 atom stereocenters. The van der Waals surface area contributed by atoms with Crippen LogP contribution in [0.2, 0.25) is 5.02 Å². The van der Waals surface area contributed by atoms with E-state index in [-0.39, 0.29) is 10.9 Å². The monoisotopic (exact) mass is 319 g/mol. The highest BCUT2D eigenvalue weighted by Gasteiger charge is 2.12. The smallest absolute Gasteiger partial charge is 0.305 e. The number of esters is 1. The number of sulfonamides is 1. The van der Waals surface area contributed by atoms with E-state index in [1.165, 1.54) is 31.4 Å². The summed E-state index contributed by atoms with van der Waals surface area (Å²) in [6.07, 6.45) is 2.48. The highest BCUT2D eigenvalue weighted by atomic mass is 35.5. The maximum atomic E-state index is 11.9. The summed E-state index contributed by atoms with van der Waals surface area (Å²) in [6, 6.07) is 5.99. The average molecular weight is 320 g/mol. The summed E-state index contributed by atoms with van der Waals surface area (Å²) in [5.41, 5.74) is 0. The molecule has 7 heteroatoms. The molecule has 0 aromatic heterocycles. The van der Waals surface area contributed by atoms with Gasteiger partial charge in [-0.2, -0.15) is 0 Å². The molecule has 1 aromatic rings. The normalized spacial score (nSPS) is 11.3. The predicted molar refractivity (Wildman–Crippen MR) is 77.1 cm³/mol. The fourth-order valence-electron chi connectivity index (χ4n) is 1.58. The zero-order valence-corrected chi connectivity index (χ0v) is 12.8. The van der Waals surface area contributed by atoms with E-state index in [2.05, 4.69) is 9.46 Å². The van der Waals surface area contributed by atoms with Crippen LogP contribution < -0.4 is 4.72 Å². The van der Waals surface area contributed by atoms with E-state index in [1.807, 2.05) is 0 Å².